The van der Waals surface area contributed by atoms with Crippen LogP contribution < -0.4 is 5.32 Å². The molecule has 102 valence electrons. The van der Waals surface area contributed by atoms with E-state index >= 15 is 0 Å². The van der Waals surface area contributed by atoms with Crippen LogP contribution in [0.1, 0.15) is 30.5 Å². The van der Waals surface area contributed by atoms with Crippen LogP contribution in [0.5, 0.6) is 0 Å². The Bertz CT molecular complexity index is 387. The van der Waals surface area contributed by atoms with Gasteiger partial charge in [0.1, 0.15) is 0 Å². The van der Waals surface area contributed by atoms with Gasteiger partial charge < -0.3 is 10.2 Å². The quantitative estimate of drug-likeness (QED) is 0.859. The fraction of sp³-hybridized carbons (Fsp3) is 0.643. The van der Waals surface area contributed by atoms with Gasteiger partial charge in [-0.15, -0.1) is 11.3 Å². The molecule has 4 heteroatoms. The van der Waals surface area contributed by atoms with Crippen molar-refractivity contribution in [2.45, 2.75) is 46.2 Å². The number of carbonyl (C=O) groups is 1. The molecule has 0 saturated heterocycles. The van der Waals surface area contributed by atoms with Crippen LogP contribution in [0, 0.1) is 6.92 Å². The Labute approximate surface area is 114 Å². The number of carbonyl (C=O) groups excluding carboxylic acids is 1. The third kappa shape index (κ3) is 4.78. The first-order valence-electron chi connectivity index (χ1n) is 6.44. The Morgan fingerprint density at radius 1 is 1.39 bits per heavy atom. The summed E-state index contributed by atoms with van der Waals surface area (Å²) in [6, 6.07) is 4.90. The van der Waals surface area contributed by atoms with Gasteiger partial charge in [-0.25, -0.2) is 0 Å². The number of aryl methyl sites for hydroxylation is 1. The summed E-state index contributed by atoms with van der Waals surface area (Å²) in [6.45, 7) is 8.71. The lowest BCUT2D eigenvalue weighted by atomic mass is 10.2. The number of hydrogen-bond donors (Lipinski definition) is 1. The Morgan fingerprint density at radius 2 is 2.06 bits per heavy atom. The van der Waals surface area contributed by atoms with Gasteiger partial charge in [-0.3, -0.25) is 4.79 Å². The fourth-order valence-corrected chi connectivity index (χ4v) is 2.66. The second kappa shape index (κ2) is 6.90. The summed E-state index contributed by atoms with van der Waals surface area (Å²) in [7, 11) is 1.85. The summed E-state index contributed by atoms with van der Waals surface area (Å²) in [4.78, 5) is 16.3. The summed E-state index contributed by atoms with van der Waals surface area (Å²) >= 11 is 1.83. The van der Waals surface area contributed by atoms with Crippen molar-refractivity contribution in [3.63, 3.8) is 0 Å². The van der Waals surface area contributed by atoms with Crippen molar-refractivity contribution in [3.8, 4) is 0 Å². The van der Waals surface area contributed by atoms with Gasteiger partial charge in [-0.2, -0.15) is 0 Å². The molecule has 3 nitrogen and oxygen atoms in total. The first-order chi connectivity index (χ1) is 8.40. The van der Waals surface area contributed by atoms with Gasteiger partial charge in [0.2, 0.25) is 5.91 Å². The van der Waals surface area contributed by atoms with E-state index in [1.165, 1.54) is 9.75 Å². The molecule has 1 N–H and O–H groups in total. The normalized spacial score (nSPS) is 12.8. The minimum Gasteiger partial charge on any atom is -0.342 e. The molecule has 18 heavy (non-hydrogen) atoms. The number of nitrogens with zero attached hydrogens (tertiary/aromatic N) is 1. The van der Waals surface area contributed by atoms with Gasteiger partial charge in [-0.05, 0) is 46.2 Å². The Hall–Kier alpha value is -0.870. The van der Waals surface area contributed by atoms with Crippen molar-refractivity contribution >= 4 is 17.2 Å². The largest absolute Gasteiger partial charge is 0.342 e. The molecule has 0 bridgehead atoms. The van der Waals surface area contributed by atoms with Crippen LogP contribution in [0.4, 0.5) is 0 Å². The Kier molecular flexibility index (Phi) is 5.82. The highest BCUT2D eigenvalue weighted by Crippen LogP contribution is 2.16. The maximum absolute atomic E-state index is 11.8. The van der Waals surface area contributed by atoms with E-state index in [0.29, 0.717) is 12.6 Å². The number of rotatable bonds is 6. The first kappa shape index (κ1) is 15.2. The van der Waals surface area contributed by atoms with Crippen LogP contribution in [-0.2, 0) is 11.2 Å². The van der Waals surface area contributed by atoms with Gasteiger partial charge in [0.05, 0.1) is 6.54 Å². The maximum Gasteiger partial charge on any atom is 0.236 e. The minimum absolute atomic E-state index is 0.152. The minimum atomic E-state index is 0.152. The van der Waals surface area contributed by atoms with Crippen LogP contribution in [0.3, 0.4) is 0 Å². The standard InChI is InChI=1S/C14H24N2OS/c1-10(2)16(5)14(17)9-15-11(3)8-13-7-6-12(4)18-13/h6-7,10-11,15H,8-9H2,1-5H3. The van der Waals surface area contributed by atoms with E-state index in [1.54, 1.807) is 4.90 Å². The molecule has 0 saturated carbocycles. The van der Waals surface area contributed by atoms with Crippen molar-refractivity contribution in [2.24, 2.45) is 0 Å². The molecule has 0 aliphatic heterocycles. The predicted octanol–water partition coefficient (Wildman–Crippen LogP) is 2.44. The van der Waals surface area contributed by atoms with Gasteiger partial charge in [0.15, 0.2) is 0 Å². The molecule has 0 aromatic carbocycles. The number of thiophene rings is 1. The molecule has 1 atom stereocenters. The molecule has 1 amide bonds. The zero-order chi connectivity index (χ0) is 13.7. The molecular weight excluding hydrogens is 244 g/mol. The molecule has 0 aliphatic carbocycles. The van der Waals surface area contributed by atoms with Crippen LogP contribution >= 0.6 is 11.3 Å². The van der Waals surface area contributed by atoms with Crippen molar-refractivity contribution in [3.05, 3.63) is 21.9 Å². The molecule has 0 spiro atoms. The van der Waals surface area contributed by atoms with E-state index in [4.69, 9.17) is 0 Å². The molecule has 0 radical (unpaired) electrons. The first-order valence-corrected chi connectivity index (χ1v) is 7.26. The van der Waals surface area contributed by atoms with Crippen LogP contribution in [0.25, 0.3) is 0 Å². The number of nitrogens with one attached hydrogen (secondary N) is 1. The van der Waals surface area contributed by atoms with Crippen LogP contribution in [-0.4, -0.2) is 36.5 Å². The lowest BCUT2D eigenvalue weighted by molar-refractivity contribution is -0.130. The number of likely N-dealkylation sites (N-methyl/N-ethyl adjacent to an activating group) is 1. The second-order valence-electron chi connectivity index (χ2n) is 5.10. The summed E-state index contributed by atoms with van der Waals surface area (Å²) in [5.74, 6) is 0.152. The van der Waals surface area contributed by atoms with E-state index in [2.05, 4.69) is 31.3 Å². The smallest absolute Gasteiger partial charge is 0.236 e. The van der Waals surface area contributed by atoms with E-state index in [1.807, 2.05) is 32.2 Å². The van der Waals surface area contributed by atoms with Crippen LogP contribution in [0.2, 0.25) is 0 Å². The van der Waals surface area contributed by atoms with Crippen molar-refractivity contribution in [1.29, 1.82) is 0 Å². The molecule has 1 aromatic heterocycles. The molecule has 1 heterocycles. The molecule has 1 rings (SSSR count). The molecule has 1 unspecified atom stereocenters. The highest BCUT2D eigenvalue weighted by molar-refractivity contribution is 7.11. The van der Waals surface area contributed by atoms with E-state index < -0.39 is 0 Å². The number of amides is 1. The zero-order valence-electron chi connectivity index (χ0n) is 12.0. The van der Waals surface area contributed by atoms with Crippen molar-refractivity contribution in [2.75, 3.05) is 13.6 Å². The van der Waals surface area contributed by atoms with Crippen molar-refractivity contribution < 1.29 is 4.79 Å². The van der Waals surface area contributed by atoms with Crippen LogP contribution in [0.15, 0.2) is 12.1 Å². The molecule has 0 aliphatic rings. The molecule has 0 fully saturated rings. The second-order valence-corrected chi connectivity index (χ2v) is 6.47. The third-order valence-corrected chi connectivity index (χ3v) is 4.10. The summed E-state index contributed by atoms with van der Waals surface area (Å²) in [5.41, 5.74) is 0. The summed E-state index contributed by atoms with van der Waals surface area (Å²) in [6.07, 6.45) is 0.983. The fourth-order valence-electron chi connectivity index (χ4n) is 1.64. The lowest BCUT2D eigenvalue weighted by Gasteiger charge is -2.22. The zero-order valence-corrected chi connectivity index (χ0v) is 12.8. The monoisotopic (exact) mass is 268 g/mol. The topological polar surface area (TPSA) is 32.3 Å². The molecular formula is C14H24N2OS. The van der Waals surface area contributed by atoms with Gasteiger partial charge in [0, 0.05) is 28.9 Å². The highest BCUT2D eigenvalue weighted by atomic mass is 32.1. The lowest BCUT2D eigenvalue weighted by Crippen LogP contribution is -2.42. The van der Waals surface area contributed by atoms with E-state index in [0.717, 1.165) is 6.42 Å². The average molecular weight is 268 g/mol. The highest BCUT2D eigenvalue weighted by Gasteiger charge is 2.13. The summed E-state index contributed by atoms with van der Waals surface area (Å²) in [5, 5.41) is 3.29. The van der Waals surface area contributed by atoms with Gasteiger partial charge >= 0.3 is 0 Å². The van der Waals surface area contributed by atoms with Gasteiger partial charge in [-0.1, -0.05) is 0 Å². The predicted molar refractivity (Wildman–Crippen MR) is 78.1 cm³/mol. The van der Waals surface area contributed by atoms with Gasteiger partial charge in [0.25, 0.3) is 0 Å². The maximum atomic E-state index is 11.8. The van der Waals surface area contributed by atoms with E-state index in [-0.39, 0.29) is 11.9 Å². The van der Waals surface area contributed by atoms with E-state index in [9.17, 15) is 4.79 Å². The summed E-state index contributed by atoms with van der Waals surface area (Å²) < 4.78 is 0. The SMILES string of the molecule is Cc1ccc(CC(C)NCC(=O)N(C)C(C)C)s1. The Morgan fingerprint density at radius 3 is 2.56 bits per heavy atom. The third-order valence-electron chi connectivity index (χ3n) is 3.07. The average Bonchev–Trinajstić information content (AvgIpc) is 2.70. The Balaban J connectivity index is 2.33. The molecule has 1 aromatic rings. The number of hydrogen-bond acceptors (Lipinski definition) is 3. The van der Waals surface area contributed by atoms with Crippen molar-refractivity contribution in [1.82, 2.24) is 10.2 Å².